The smallest absolute Gasteiger partial charge is 0.0571 e. The molecule has 0 saturated heterocycles. The molecule has 0 aliphatic heterocycles. The fourth-order valence-corrected chi connectivity index (χ4v) is 1.77. The van der Waals surface area contributed by atoms with Gasteiger partial charge in [-0.1, -0.05) is 15.9 Å². The first-order valence-corrected chi connectivity index (χ1v) is 5.93. The van der Waals surface area contributed by atoms with Crippen molar-refractivity contribution in [3.05, 3.63) is 46.2 Å². The summed E-state index contributed by atoms with van der Waals surface area (Å²) in [6, 6.07) is 8.26. The van der Waals surface area contributed by atoms with Crippen LogP contribution in [0.1, 0.15) is 11.3 Å². The second-order valence-electron chi connectivity index (χ2n) is 3.76. The molecule has 16 heavy (non-hydrogen) atoms. The number of rotatable bonds is 3. The summed E-state index contributed by atoms with van der Waals surface area (Å²) in [6.45, 7) is 2.87. The predicted molar refractivity (Wildman–Crippen MR) is 69.4 cm³/mol. The number of anilines is 1. The Morgan fingerprint density at radius 2 is 2.19 bits per heavy atom. The van der Waals surface area contributed by atoms with E-state index in [4.69, 9.17) is 0 Å². The molecule has 3 nitrogen and oxygen atoms in total. The van der Waals surface area contributed by atoms with E-state index in [1.807, 2.05) is 24.0 Å². The quantitative estimate of drug-likeness (QED) is 0.936. The first-order chi connectivity index (χ1) is 7.66. The summed E-state index contributed by atoms with van der Waals surface area (Å²) >= 11 is 3.49. The second-order valence-corrected chi connectivity index (χ2v) is 4.62. The maximum Gasteiger partial charge on any atom is 0.0571 e. The van der Waals surface area contributed by atoms with E-state index < -0.39 is 0 Å². The van der Waals surface area contributed by atoms with Crippen molar-refractivity contribution in [1.29, 1.82) is 0 Å². The van der Waals surface area contributed by atoms with Crippen molar-refractivity contribution in [2.45, 2.75) is 13.5 Å². The standard InChI is InChI=1S/C12H14BrN3/c1-9-7-10(3-4-12(9)13)14-8-11-5-6-15-16(11)2/h3-7,14H,8H2,1-2H3. The van der Waals surface area contributed by atoms with E-state index in [-0.39, 0.29) is 0 Å². The lowest BCUT2D eigenvalue weighted by molar-refractivity contribution is 0.720. The van der Waals surface area contributed by atoms with Crippen molar-refractivity contribution in [3.8, 4) is 0 Å². The number of aryl methyl sites for hydroxylation is 2. The van der Waals surface area contributed by atoms with Crippen molar-refractivity contribution in [2.75, 3.05) is 5.32 Å². The SMILES string of the molecule is Cc1cc(NCc2ccnn2C)ccc1Br. The topological polar surface area (TPSA) is 29.9 Å². The summed E-state index contributed by atoms with van der Waals surface area (Å²) in [6.07, 6.45) is 1.81. The largest absolute Gasteiger partial charge is 0.379 e. The highest BCUT2D eigenvalue weighted by Gasteiger charge is 2.00. The summed E-state index contributed by atoms with van der Waals surface area (Å²) in [5, 5.41) is 7.50. The van der Waals surface area contributed by atoms with Crippen LogP contribution in [0.5, 0.6) is 0 Å². The molecule has 0 radical (unpaired) electrons. The number of halogens is 1. The number of hydrogen-bond acceptors (Lipinski definition) is 2. The van der Waals surface area contributed by atoms with Crippen LogP contribution in [0, 0.1) is 6.92 Å². The van der Waals surface area contributed by atoms with Crippen molar-refractivity contribution in [3.63, 3.8) is 0 Å². The van der Waals surface area contributed by atoms with Gasteiger partial charge in [0.2, 0.25) is 0 Å². The molecule has 1 aromatic carbocycles. The molecule has 0 saturated carbocycles. The first-order valence-electron chi connectivity index (χ1n) is 5.14. The van der Waals surface area contributed by atoms with E-state index in [9.17, 15) is 0 Å². The Kier molecular flexibility index (Phi) is 3.29. The molecule has 0 aliphatic carbocycles. The van der Waals surface area contributed by atoms with Gasteiger partial charge in [0, 0.05) is 23.4 Å². The zero-order valence-corrected chi connectivity index (χ0v) is 11.0. The minimum Gasteiger partial charge on any atom is -0.379 e. The molecule has 1 N–H and O–H groups in total. The minimum absolute atomic E-state index is 0.789. The average Bonchev–Trinajstić information content (AvgIpc) is 2.66. The zero-order chi connectivity index (χ0) is 11.5. The Morgan fingerprint density at radius 3 is 2.81 bits per heavy atom. The Hall–Kier alpha value is -1.29. The zero-order valence-electron chi connectivity index (χ0n) is 9.37. The van der Waals surface area contributed by atoms with Crippen LogP contribution < -0.4 is 5.32 Å². The third-order valence-electron chi connectivity index (χ3n) is 2.55. The van der Waals surface area contributed by atoms with Gasteiger partial charge in [-0.2, -0.15) is 5.10 Å². The molecule has 0 atom stereocenters. The van der Waals surface area contributed by atoms with Crippen LogP contribution in [0.15, 0.2) is 34.9 Å². The van der Waals surface area contributed by atoms with Crippen LogP contribution in [0.4, 0.5) is 5.69 Å². The van der Waals surface area contributed by atoms with Gasteiger partial charge in [0.1, 0.15) is 0 Å². The van der Waals surface area contributed by atoms with Gasteiger partial charge in [0.15, 0.2) is 0 Å². The molecule has 0 bridgehead atoms. The van der Waals surface area contributed by atoms with Gasteiger partial charge in [-0.05, 0) is 36.8 Å². The molecule has 2 aromatic rings. The summed E-state index contributed by atoms with van der Waals surface area (Å²) in [7, 11) is 1.95. The van der Waals surface area contributed by atoms with E-state index in [1.165, 1.54) is 11.3 Å². The Morgan fingerprint density at radius 1 is 1.38 bits per heavy atom. The van der Waals surface area contributed by atoms with Crippen LogP contribution in [0.25, 0.3) is 0 Å². The van der Waals surface area contributed by atoms with Crippen molar-refractivity contribution >= 4 is 21.6 Å². The molecule has 0 unspecified atom stereocenters. The van der Waals surface area contributed by atoms with Gasteiger partial charge in [-0.25, -0.2) is 0 Å². The first kappa shape index (κ1) is 11.2. The minimum atomic E-state index is 0.789. The maximum absolute atomic E-state index is 4.13. The van der Waals surface area contributed by atoms with Gasteiger partial charge in [0.05, 0.1) is 12.2 Å². The molecular formula is C12H14BrN3. The molecule has 0 fully saturated rings. The predicted octanol–water partition coefficient (Wildman–Crippen LogP) is 3.10. The van der Waals surface area contributed by atoms with E-state index >= 15 is 0 Å². The van der Waals surface area contributed by atoms with Crippen LogP contribution in [-0.2, 0) is 13.6 Å². The summed E-state index contributed by atoms with van der Waals surface area (Å²) in [5.41, 5.74) is 3.53. The normalized spacial score (nSPS) is 10.4. The van der Waals surface area contributed by atoms with Crippen LogP contribution in [0.3, 0.4) is 0 Å². The number of aromatic nitrogens is 2. The van der Waals surface area contributed by atoms with Crippen LogP contribution >= 0.6 is 15.9 Å². The lowest BCUT2D eigenvalue weighted by atomic mass is 10.2. The third kappa shape index (κ3) is 2.44. The third-order valence-corrected chi connectivity index (χ3v) is 3.44. The summed E-state index contributed by atoms with van der Waals surface area (Å²) in [5.74, 6) is 0. The van der Waals surface area contributed by atoms with E-state index in [0.717, 1.165) is 16.7 Å². The highest BCUT2D eigenvalue weighted by molar-refractivity contribution is 9.10. The van der Waals surface area contributed by atoms with Gasteiger partial charge in [-0.3, -0.25) is 4.68 Å². The van der Waals surface area contributed by atoms with Crippen molar-refractivity contribution < 1.29 is 0 Å². The number of nitrogens with zero attached hydrogens (tertiary/aromatic N) is 2. The molecule has 4 heteroatoms. The van der Waals surface area contributed by atoms with Crippen LogP contribution in [-0.4, -0.2) is 9.78 Å². The van der Waals surface area contributed by atoms with Crippen LogP contribution in [0.2, 0.25) is 0 Å². The Balaban J connectivity index is 2.05. The molecule has 84 valence electrons. The monoisotopic (exact) mass is 279 g/mol. The molecule has 2 rings (SSSR count). The Bertz CT molecular complexity index is 491. The molecular weight excluding hydrogens is 266 g/mol. The highest BCUT2D eigenvalue weighted by atomic mass is 79.9. The summed E-state index contributed by atoms with van der Waals surface area (Å²) < 4.78 is 3.01. The molecule has 1 aromatic heterocycles. The number of hydrogen-bond donors (Lipinski definition) is 1. The fourth-order valence-electron chi connectivity index (χ4n) is 1.52. The van der Waals surface area contributed by atoms with E-state index in [1.54, 1.807) is 0 Å². The lowest BCUT2D eigenvalue weighted by Gasteiger charge is -2.08. The number of benzene rings is 1. The molecule has 0 spiro atoms. The second kappa shape index (κ2) is 4.70. The van der Waals surface area contributed by atoms with Gasteiger partial charge in [-0.15, -0.1) is 0 Å². The molecule has 0 aliphatic rings. The number of nitrogens with one attached hydrogen (secondary N) is 1. The molecule has 0 amide bonds. The van der Waals surface area contributed by atoms with Gasteiger partial charge >= 0.3 is 0 Å². The van der Waals surface area contributed by atoms with E-state index in [0.29, 0.717) is 0 Å². The van der Waals surface area contributed by atoms with Crippen molar-refractivity contribution in [1.82, 2.24) is 9.78 Å². The maximum atomic E-state index is 4.13. The average molecular weight is 280 g/mol. The van der Waals surface area contributed by atoms with Gasteiger partial charge in [0.25, 0.3) is 0 Å². The fraction of sp³-hybridized carbons (Fsp3) is 0.250. The lowest BCUT2D eigenvalue weighted by Crippen LogP contribution is -2.05. The molecule has 1 heterocycles. The Labute approximate surface area is 104 Å². The van der Waals surface area contributed by atoms with Gasteiger partial charge < -0.3 is 5.32 Å². The highest BCUT2D eigenvalue weighted by Crippen LogP contribution is 2.20. The summed E-state index contributed by atoms with van der Waals surface area (Å²) in [4.78, 5) is 0. The van der Waals surface area contributed by atoms with Crippen molar-refractivity contribution in [2.24, 2.45) is 7.05 Å². The van der Waals surface area contributed by atoms with E-state index in [2.05, 4.69) is 51.5 Å².